The van der Waals surface area contributed by atoms with Crippen LogP contribution in [-0.4, -0.2) is 467 Å². The molecule has 0 rings (SSSR count). The fourth-order valence-electron chi connectivity index (χ4n) is 2.62. The van der Waals surface area contributed by atoms with Gasteiger partial charge in [0, 0.05) is 214 Å². The molecule has 42 heteroatoms. The molecule has 0 saturated carbocycles. The minimum absolute atomic E-state index is 0. The Balaban J connectivity index is -0.0000000270. The molecule has 34 nitrogen and oxygen atoms in total. The summed E-state index contributed by atoms with van der Waals surface area (Å²) in [6, 6.07) is 1.75. The quantitative estimate of drug-likeness (QED) is 0.0168. The molecular formula is C91H225BN20O14P4S3-8. The van der Waals surface area contributed by atoms with E-state index in [0.717, 1.165) is 36.1 Å². The van der Waals surface area contributed by atoms with E-state index in [0.29, 0.717) is 13.2 Å². The molecule has 0 N–H and O–H groups in total. The van der Waals surface area contributed by atoms with Crippen molar-refractivity contribution in [1.29, 1.82) is 10.5 Å². The number of methoxy groups -OCH3 is 5. The summed E-state index contributed by atoms with van der Waals surface area (Å²) in [6.07, 6.45) is 12.4. The average Bonchev–Trinajstić information content (AvgIpc) is 0.867. The number of hydrogen-bond donors (Lipinski definition) is 0. The number of nitriles is 1. The number of thioether (sulfide) groups is 1. The van der Waals surface area contributed by atoms with E-state index in [4.69, 9.17) is 40.6 Å². The molecule has 0 heterocycles. The van der Waals surface area contributed by atoms with E-state index in [9.17, 15) is 37.5 Å². The van der Waals surface area contributed by atoms with Gasteiger partial charge >= 0.3 is 18.0 Å². The number of ether oxygens (including phenoxy) is 5. The normalized spacial score (nSPS) is 8.26. The zero-order valence-electron chi connectivity index (χ0n) is 91.8. The van der Waals surface area contributed by atoms with Crippen LogP contribution in [0.15, 0.2) is 32.3 Å². The molecule has 0 atom stereocenters. The second-order valence-electron chi connectivity index (χ2n) is 29.7. The van der Waals surface area contributed by atoms with Gasteiger partial charge < -0.3 is 131 Å². The Bertz CT molecular complexity index is 2650. The average molecular weight is 2050 g/mol. The summed E-state index contributed by atoms with van der Waals surface area (Å²) in [4.78, 5) is 71.9. The molecule has 0 aliphatic rings. The van der Waals surface area contributed by atoms with E-state index in [1.165, 1.54) is 108 Å². The highest BCUT2D eigenvalue weighted by atomic mass is 32.2. The van der Waals surface area contributed by atoms with Gasteiger partial charge in [0.15, 0.2) is 11.7 Å². The van der Waals surface area contributed by atoms with Crippen molar-refractivity contribution < 1.29 is 66.3 Å². The lowest BCUT2D eigenvalue weighted by Gasteiger charge is -2.28. The summed E-state index contributed by atoms with van der Waals surface area (Å²) in [5.74, 6) is 3.27. The first kappa shape index (κ1) is 224. The van der Waals surface area contributed by atoms with Gasteiger partial charge in [-0.1, -0.05) is 107 Å². The zero-order chi connectivity index (χ0) is 108. The van der Waals surface area contributed by atoms with Crippen LogP contribution in [0.2, 0.25) is 19.0 Å². The zero-order valence-corrected chi connectivity index (χ0v) is 97.9. The maximum atomic E-state index is 11.0. The number of nitrogens with zero attached hydrogens (tertiary/aromatic N) is 20. The summed E-state index contributed by atoms with van der Waals surface area (Å²) in [6.45, 7) is 70.6. The maximum absolute atomic E-state index is 11.0. The second-order valence-corrected chi connectivity index (χ2v) is 46.0. The molecule has 822 valence electrons. The van der Waals surface area contributed by atoms with Crippen LogP contribution >= 0.6 is 42.9 Å². The molecule has 0 aromatic carbocycles. The Morgan fingerprint density at radius 3 is 0.872 bits per heavy atom. The van der Waals surface area contributed by atoms with Gasteiger partial charge in [0.1, 0.15) is 12.3 Å². The van der Waals surface area contributed by atoms with Gasteiger partial charge in [-0.25, -0.2) is 42.2 Å². The number of hydrazine groups is 2. The number of sulfonamides is 1. The van der Waals surface area contributed by atoms with Crippen molar-refractivity contribution in [2.45, 2.75) is 174 Å². The van der Waals surface area contributed by atoms with Crippen LogP contribution in [0.3, 0.4) is 0 Å². The minimum atomic E-state index is -2.91. The first-order valence-electron chi connectivity index (χ1n) is 37.2. The first-order chi connectivity index (χ1) is 56.2. The highest BCUT2D eigenvalue weighted by molar-refractivity contribution is 7.97. The van der Waals surface area contributed by atoms with Crippen LogP contribution in [0.4, 0.5) is 4.79 Å². The van der Waals surface area contributed by atoms with Crippen LogP contribution < -0.4 is 10.2 Å². The molecule has 0 fully saturated rings. The number of hydrogen-bond acceptors (Lipinski definition) is 26. The third kappa shape index (κ3) is 344. The number of amides is 3. The Hall–Kier alpha value is -5.55. The topological polar surface area (TPSA) is 387 Å². The Labute approximate surface area is 848 Å². The molecule has 0 spiro atoms. The van der Waals surface area contributed by atoms with Crippen molar-refractivity contribution >= 4 is 126 Å². The summed E-state index contributed by atoms with van der Waals surface area (Å²) in [5.41, 5.74) is 0.708. The number of hydrazone groups is 1. The first-order valence-corrected chi connectivity index (χ1v) is 52.6. The molecule has 0 aromatic heterocycles. The van der Waals surface area contributed by atoms with Crippen molar-refractivity contribution in [2.75, 3.05) is 338 Å². The highest BCUT2D eigenvalue weighted by Crippen LogP contribution is 2.51. The lowest BCUT2D eigenvalue weighted by atomic mass is 9.38. The van der Waals surface area contributed by atoms with Gasteiger partial charge in [-0.05, 0) is 130 Å². The van der Waals surface area contributed by atoms with Gasteiger partial charge in [-0.2, -0.15) is 62.9 Å². The van der Waals surface area contributed by atoms with Crippen LogP contribution in [0.25, 0.3) is 20.7 Å². The Kier molecular flexibility index (Phi) is 279. The van der Waals surface area contributed by atoms with Crippen molar-refractivity contribution in [3.8, 4) is 12.0 Å². The second kappa shape index (κ2) is 166. The number of guanidine groups is 1. The molecule has 3 amide bonds. The summed E-state index contributed by atoms with van der Waals surface area (Å²) >= 11 is 5.83. The highest BCUT2D eigenvalue weighted by Gasteiger charge is 2.30. The largest absolute Gasteiger partial charge is 0.857 e. The molecule has 133 heavy (non-hydrogen) atoms. The third-order valence-corrected chi connectivity index (χ3v) is 12.8. The number of likely N-dealkylation sites (N-methyl/N-ethyl adjacent to an activating group) is 1. The fraction of sp³-hybridized carbons (Fsp3) is 0.813. The van der Waals surface area contributed by atoms with Crippen molar-refractivity contribution in [1.82, 2.24) is 53.8 Å². The standard InChI is InChI=1S/C7H15NO2.C6H15B.C6H15N3.C6H10O4.C5H12N2O2.C5H12N2O.C5H12N2.C4H3N2.C4H9NO.C4H12NP.C4H12P.C3H9NO2S.C3H9N.C3H9P.C3H3.C2H6N.C2H4N.C2H3N.C2H6O.C2H6P.C2H6S.CN.CH3O.CH4S.8CH4/c1-7(2,8(3)4)6(9)10-5;1-6(2,3)7(4)5;1-7-6(8(2)3)9(4)5;1-4(5(7)9-2)6(8)10-3;1-6(2)7(3)5(8)9-4;1-5(8)7(4)6(2)3;1-5(2)6-7(3)4;1-4(3-5)6-2;1-4(6)5(2)3;1-5-6(2,3)4;1-5(2,3)4;1-4(2)7(3,5)6;2*1-4(2)3;3*1-3-2;1-2-3;3*1-3-2;3*1-2;;;;;;;;/h1-5H3;1-5H3;1-5H3;7H,1-3H3;1-4H3;1-4H3;1-4H3;1H3;1-3H3;1-4H3;1-4H3;1-3H3;2*1-3H3;1H3;1-2H3;1H,2H3;1H3;3*1-2H3;;1H3;2H,1H3;8*1H4/q;;;;;;;-1;;;+1;;;;3*-1;;;-1;;2*-1;;;;;;;;;/p-2. The van der Waals surface area contributed by atoms with Gasteiger partial charge in [-0.15, -0.1) is 15.0 Å². The van der Waals surface area contributed by atoms with Crippen LogP contribution in [0.5, 0.6) is 0 Å². The van der Waals surface area contributed by atoms with Crippen LogP contribution in [0, 0.1) is 42.1 Å². The van der Waals surface area contributed by atoms with Crippen molar-refractivity contribution in [3.05, 3.63) is 57.4 Å². The molecular weight excluding hydrogens is 1830 g/mol. The lowest BCUT2D eigenvalue weighted by Crippen LogP contribution is -2.46. The van der Waals surface area contributed by atoms with E-state index in [-0.39, 0.29) is 102 Å². The Morgan fingerprint density at radius 1 is 0.624 bits per heavy atom. The molecule has 0 unspecified atom stereocenters. The molecule has 0 radical (unpaired) electrons. The fourth-order valence-corrected chi connectivity index (χ4v) is 2.62. The number of allylic oxidation sites excluding steroid dienone is 1. The Morgan fingerprint density at radius 2 is 0.835 bits per heavy atom. The lowest BCUT2D eigenvalue weighted by molar-refractivity contribution is -0.354. The number of esters is 2. The number of rotatable bonds is 9. The molecule has 0 saturated heterocycles. The minimum Gasteiger partial charge on any atom is -0.857 e. The van der Waals surface area contributed by atoms with Crippen LogP contribution in [0.1, 0.15) is 149 Å². The van der Waals surface area contributed by atoms with Crippen LogP contribution in [-0.2, 0) is 65.5 Å². The van der Waals surface area contributed by atoms with Gasteiger partial charge in [0.05, 0.1) is 51.7 Å². The molecule has 0 aromatic rings. The molecule has 0 bridgehead atoms. The number of carbonyl (C=O) groups is 5. The predicted octanol–water partition coefficient (Wildman–Crippen LogP) is 17.8. The maximum Gasteiger partial charge on any atom is 0.423 e. The van der Waals surface area contributed by atoms with E-state index in [1.807, 2.05) is 164 Å². The van der Waals surface area contributed by atoms with E-state index < -0.39 is 34.9 Å². The number of carbonyl (C=O) groups excluding carboxylic acids is 5. The van der Waals surface area contributed by atoms with E-state index in [2.05, 4.69) is 188 Å². The summed E-state index contributed by atoms with van der Waals surface area (Å²) in [7, 11) is 53.9. The van der Waals surface area contributed by atoms with Gasteiger partial charge in [0.2, 0.25) is 21.8 Å². The number of aliphatic imine (C=N–C) groups is 2. The summed E-state index contributed by atoms with van der Waals surface area (Å²) in [5, 5.41) is 60.4. The third-order valence-electron chi connectivity index (χ3n) is 10.2. The van der Waals surface area contributed by atoms with E-state index in [1.54, 1.807) is 130 Å². The van der Waals surface area contributed by atoms with E-state index >= 15 is 0 Å². The van der Waals surface area contributed by atoms with Crippen molar-refractivity contribution in [3.63, 3.8) is 0 Å². The summed E-state index contributed by atoms with van der Waals surface area (Å²) < 4.78 is 43.5. The SMILES string of the molecule is C.C.C.C.C.C.C.C.CB(C)C(C)(C)C.CC#N.CC(=O)N(C)C.CC(=O)N(C)N(C)C.CC(C)=NN(C)C.CN(C)C.CN(C)S(C)(=O)=O.CN=C(N(C)C)N(C)C.COC.COC(=O)C(C)(C)N(C)C.COC(=O)C(C)=C([O-])OC.COC(=O)N(C)N(C)C.CP(C)C.CSC.C[N-]C.C[N-][P+](C)(C)C.C[O-].C[P+](C)(C)C.C[P-]C.C[S-].[C-]#CC.[C-]#N.[C-]#[N+]C(C)=C=[N-].[CH-]=NC. The smallest absolute Gasteiger partial charge is 0.423 e. The molecule has 0 aliphatic carbocycles. The molecule has 0 aliphatic heterocycles. The monoisotopic (exact) mass is 2050 g/mol. The van der Waals surface area contributed by atoms with Crippen molar-refractivity contribution in [2.24, 2.45) is 15.1 Å². The predicted molar refractivity (Wildman–Crippen MR) is 617 cm³/mol. The van der Waals surface area contributed by atoms with Gasteiger partial charge in [-0.3, -0.25) is 35.2 Å². The van der Waals surface area contributed by atoms with Gasteiger partial charge in [0.25, 0.3) is 0 Å².